The van der Waals surface area contributed by atoms with Gasteiger partial charge in [-0.25, -0.2) is 9.59 Å². The van der Waals surface area contributed by atoms with Gasteiger partial charge in [-0.15, -0.1) is 4.99 Å². The van der Waals surface area contributed by atoms with Crippen molar-refractivity contribution >= 4 is 18.1 Å². The molecule has 1 N–H and O–H groups in total. The molecule has 284 valence electrons. The summed E-state index contributed by atoms with van der Waals surface area (Å²) in [5, 5.41) is 6.39. The molecule has 1 fully saturated rings. The molecule has 0 aliphatic carbocycles. The minimum absolute atomic E-state index is 0.00366. The Bertz CT molecular complexity index is 1730. The molecule has 2 aromatic carbocycles. The van der Waals surface area contributed by atoms with Crippen molar-refractivity contribution < 1.29 is 54.7 Å². The highest BCUT2D eigenvalue weighted by Gasteiger charge is 2.37. The smallest absolute Gasteiger partial charge is 0.437 e. The summed E-state index contributed by atoms with van der Waals surface area (Å²) in [7, 11) is 0. The summed E-state index contributed by atoms with van der Waals surface area (Å²) in [6, 6.07) is 7.37. The maximum Gasteiger partial charge on any atom is 0.437 e. The summed E-state index contributed by atoms with van der Waals surface area (Å²) >= 11 is 0. The Morgan fingerprint density at radius 2 is 1.60 bits per heavy atom. The van der Waals surface area contributed by atoms with E-state index in [0.717, 1.165) is 24.3 Å². The van der Waals surface area contributed by atoms with Gasteiger partial charge in [-0.1, -0.05) is 17.3 Å². The lowest BCUT2D eigenvalue weighted by Crippen LogP contribution is -2.46. The van der Waals surface area contributed by atoms with Crippen molar-refractivity contribution in [1.29, 1.82) is 0 Å². The number of hydrogen-bond acceptors (Lipinski definition) is 8. The predicted octanol–water partition coefficient (Wildman–Crippen LogP) is 9.13. The summed E-state index contributed by atoms with van der Waals surface area (Å²) in [6.45, 7) is 10.2. The first-order chi connectivity index (χ1) is 24.1. The van der Waals surface area contributed by atoms with Crippen molar-refractivity contribution in [3.8, 4) is 17.1 Å². The van der Waals surface area contributed by atoms with Gasteiger partial charge >= 0.3 is 24.5 Å². The predicted molar refractivity (Wildman–Crippen MR) is 176 cm³/mol. The second-order valence-corrected chi connectivity index (χ2v) is 14.1. The highest BCUT2D eigenvalue weighted by atomic mass is 19.4. The fourth-order valence-electron chi connectivity index (χ4n) is 5.19. The van der Waals surface area contributed by atoms with Crippen LogP contribution in [0.3, 0.4) is 0 Å². The number of benzene rings is 2. The van der Waals surface area contributed by atoms with E-state index in [1.807, 2.05) is 0 Å². The monoisotopic (exact) mass is 741 g/mol. The van der Waals surface area contributed by atoms with E-state index < -0.39 is 58.7 Å². The van der Waals surface area contributed by atoms with Crippen molar-refractivity contribution in [2.45, 2.75) is 103 Å². The van der Waals surface area contributed by atoms with E-state index in [4.69, 9.17) is 18.7 Å². The van der Waals surface area contributed by atoms with Crippen LogP contribution in [0.1, 0.15) is 95.8 Å². The molecule has 52 heavy (non-hydrogen) atoms. The molecule has 0 spiro atoms. The molecule has 1 aliphatic heterocycles. The number of ether oxygens (including phenoxy) is 3. The summed E-state index contributed by atoms with van der Waals surface area (Å²) < 4.78 is 102. The molecule has 3 aromatic rings. The van der Waals surface area contributed by atoms with Gasteiger partial charge in [0.25, 0.3) is 0 Å². The number of carbonyl (C=O) groups excluding carboxylic acids is 2. The number of unbranched alkanes of at least 4 members (excludes halogenated alkanes) is 1. The Morgan fingerprint density at radius 1 is 0.923 bits per heavy atom. The molecular formula is C35H41F6N5O6. The Balaban J connectivity index is 1.47. The Morgan fingerprint density at radius 3 is 2.21 bits per heavy atom. The highest BCUT2D eigenvalue weighted by molar-refractivity contribution is 5.99. The van der Waals surface area contributed by atoms with Gasteiger partial charge in [-0.2, -0.15) is 31.3 Å². The Hall–Kier alpha value is -4.83. The average molecular weight is 742 g/mol. The van der Waals surface area contributed by atoms with Crippen LogP contribution in [0.2, 0.25) is 0 Å². The molecule has 17 heteroatoms. The zero-order valence-electron chi connectivity index (χ0n) is 29.6. The number of hydrogen-bond donors (Lipinski definition) is 1. The van der Waals surface area contributed by atoms with E-state index in [9.17, 15) is 35.9 Å². The molecule has 1 aliphatic rings. The lowest BCUT2D eigenvalue weighted by Gasteiger charge is -2.27. The van der Waals surface area contributed by atoms with E-state index in [-0.39, 0.29) is 29.8 Å². The molecule has 1 aromatic heterocycles. The number of likely N-dealkylation sites (tertiary alicyclic amines) is 1. The van der Waals surface area contributed by atoms with Gasteiger partial charge in [-0.05, 0) is 110 Å². The van der Waals surface area contributed by atoms with E-state index in [1.165, 1.54) is 18.2 Å². The van der Waals surface area contributed by atoms with Gasteiger partial charge in [0.15, 0.2) is 0 Å². The van der Waals surface area contributed by atoms with E-state index >= 15 is 0 Å². The molecule has 1 unspecified atom stereocenters. The molecule has 0 saturated carbocycles. The third-order valence-corrected chi connectivity index (χ3v) is 7.40. The van der Waals surface area contributed by atoms with E-state index in [2.05, 4.69) is 20.4 Å². The number of nitrogens with zero attached hydrogens (tertiary/aromatic N) is 4. The molecular weight excluding hydrogens is 700 g/mol. The molecule has 2 amide bonds. The topological polar surface area (TPSA) is 128 Å². The number of nitrogens with one attached hydrogen (secondary N) is 1. The summed E-state index contributed by atoms with van der Waals surface area (Å²) in [4.78, 5) is 35.2. The molecule has 1 saturated heterocycles. The molecule has 11 nitrogen and oxygen atoms in total. The fourth-order valence-corrected chi connectivity index (χ4v) is 5.19. The van der Waals surface area contributed by atoms with Crippen LogP contribution in [0.25, 0.3) is 11.4 Å². The van der Waals surface area contributed by atoms with Crippen molar-refractivity contribution in [3.05, 3.63) is 65.0 Å². The summed E-state index contributed by atoms with van der Waals surface area (Å²) in [5.41, 5.74) is -2.89. The van der Waals surface area contributed by atoms with Crippen LogP contribution >= 0.6 is 0 Å². The molecule has 1 atom stereocenters. The van der Waals surface area contributed by atoms with Crippen molar-refractivity contribution in [2.75, 3.05) is 13.2 Å². The van der Waals surface area contributed by atoms with Crippen LogP contribution in [-0.2, 0) is 28.2 Å². The number of aromatic nitrogens is 2. The lowest BCUT2D eigenvalue weighted by atomic mass is 10.1. The van der Waals surface area contributed by atoms with Gasteiger partial charge < -0.3 is 23.6 Å². The van der Waals surface area contributed by atoms with Gasteiger partial charge in [0.1, 0.15) is 23.0 Å². The van der Waals surface area contributed by atoms with Crippen molar-refractivity contribution in [1.82, 2.24) is 20.4 Å². The van der Waals surface area contributed by atoms with Crippen LogP contribution < -0.4 is 10.1 Å². The fraction of sp³-hybridized carbons (Fsp3) is 0.514. The van der Waals surface area contributed by atoms with Gasteiger partial charge in [-0.3, -0.25) is 5.32 Å². The average Bonchev–Trinajstić information content (AvgIpc) is 3.68. The van der Waals surface area contributed by atoms with Crippen LogP contribution in [-0.4, -0.2) is 57.5 Å². The first kappa shape index (κ1) is 39.9. The van der Waals surface area contributed by atoms with Crippen LogP contribution in [0.5, 0.6) is 5.75 Å². The van der Waals surface area contributed by atoms with Crippen LogP contribution in [0, 0.1) is 0 Å². The molecule has 0 bridgehead atoms. The maximum absolute atomic E-state index is 14.1. The van der Waals surface area contributed by atoms with Crippen molar-refractivity contribution in [3.63, 3.8) is 0 Å². The molecule has 0 radical (unpaired) electrons. The third kappa shape index (κ3) is 11.6. The number of rotatable bonds is 8. The zero-order chi connectivity index (χ0) is 38.5. The SMILES string of the molecule is CC(C)(C)OC(=O)N=C(NC(=O)OC(C)(C)C)N1CCCC1c1nc(-c2ccc(OCCCCc3ccc(C(F)(F)F)cc3)c(C(F)(F)F)c2)no1. The first-order valence-corrected chi connectivity index (χ1v) is 16.5. The summed E-state index contributed by atoms with van der Waals surface area (Å²) in [6.07, 6.45) is -8.85. The number of alkyl carbamates (subject to hydrolysis) is 1. The zero-order valence-corrected chi connectivity index (χ0v) is 29.6. The maximum atomic E-state index is 14.1. The number of carbonyl (C=O) groups is 2. The number of amides is 2. The lowest BCUT2D eigenvalue weighted by molar-refractivity contribution is -0.139. The van der Waals surface area contributed by atoms with Gasteiger partial charge in [0.05, 0.1) is 17.7 Å². The van der Waals surface area contributed by atoms with Crippen LogP contribution in [0.4, 0.5) is 35.9 Å². The second kappa shape index (κ2) is 15.8. The largest absolute Gasteiger partial charge is 0.493 e. The normalized spacial score (nSPS) is 15.8. The second-order valence-electron chi connectivity index (χ2n) is 14.1. The van der Waals surface area contributed by atoms with Crippen molar-refractivity contribution in [2.24, 2.45) is 4.99 Å². The number of halogens is 6. The van der Waals surface area contributed by atoms with E-state index in [0.29, 0.717) is 44.2 Å². The number of aryl methyl sites for hydroxylation is 1. The molecule has 2 heterocycles. The molecule has 4 rings (SSSR count). The minimum Gasteiger partial charge on any atom is -0.493 e. The first-order valence-electron chi connectivity index (χ1n) is 16.5. The third-order valence-electron chi connectivity index (χ3n) is 7.40. The van der Waals surface area contributed by atoms with Gasteiger partial charge in [0, 0.05) is 12.1 Å². The quantitative estimate of drug-likeness (QED) is 0.104. The standard InChI is InChI=1S/C35H41F6N5O6/c1-32(2,3)50-30(47)43-29(44-31(48)51-33(4,5)6)46-18-9-11-25(46)28-42-27(45-52-28)22-14-17-26(24(20-22)35(39,40)41)49-19-8-7-10-21-12-15-23(16-13-21)34(36,37)38/h12-17,20,25H,7-11,18-19H2,1-6H3,(H,43,44,47,48). The highest BCUT2D eigenvalue weighted by Crippen LogP contribution is 2.39. The number of guanidine groups is 1. The summed E-state index contributed by atoms with van der Waals surface area (Å²) in [5.74, 6) is -0.725. The Kier molecular flexibility index (Phi) is 12.2. The number of alkyl halides is 6. The number of aliphatic imine (C=N–C) groups is 1. The minimum atomic E-state index is -4.79. The Labute approximate surface area is 296 Å². The van der Waals surface area contributed by atoms with E-state index in [1.54, 1.807) is 46.4 Å². The van der Waals surface area contributed by atoms with Crippen LogP contribution in [0.15, 0.2) is 52.0 Å². The van der Waals surface area contributed by atoms with Gasteiger partial charge in [0.2, 0.25) is 17.7 Å².